The average Bonchev–Trinajstić information content (AvgIpc) is 2.27. The molecule has 0 heterocycles. The van der Waals surface area contributed by atoms with Gasteiger partial charge in [0.2, 0.25) is 0 Å². The third kappa shape index (κ3) is 4.39. The first-order valence-electron chi connectivity index (χ1n) is 6.50. The first-order valence-corrected chi connectivity index (χ1v) is 6.50. The fraction of sp³-hybridized carbons (Fsp3) is 0.533. The van der Waals surface area contributed by atoms with E-state index < -0.39 is 23.0 Å². The number of ketones is 1. The van der Waals surface area contributed by atoms with Crippen molar-refractivity contribution in [3.05, 3.63) is 35.4 Å². The fourth-order valence-electron chi connectivity index (χ4n) is 2.09. The van der Waals surface area contributed by atoms with Gasteiger partial charge in [0.15, 0.2) is 5.78 Å². The Morgan fingerprint density at radius 2 is 1.74 bits per heavy atom. The minimum atomic E-state index is -0.796. The van der Waals surface area contributed by atoms with Crippen molar-refractivity contribution in [3.8, 4) is 0 Å². The Hall–Kier alpha value is -1.29. The van der Waals surface area contributed by atoms with Gasteiger partial charge >= 0.3 is 0 Å². The molecule has 4 heteroatoms. The van der Waals surface area contributed by atoms with Gasteiger partial charge in [0, 0.05) is 6.04 Å². The lowest BCUT2D eigenvalue weighted by Crippen LogP contribution is -2.35. The molecule has 0 saturated heterocycles. The first kappa shape index (κ1) is 15.8. The van der Waals surface area contributed by atoms with Crippen molar-refractivity contribution in [1.82, 2.24) is 4.90 Å². The van der Waals surface area contributed by atoms with Gasteiger partial charge in [-0.15, -0.1) is 0 Å². The van der Waals surface area contributed by atoms with Crippen LogP contribution < -0.4 is 0 Å². The minimum Gasteiger partial charge on any atom is -0.296 e. The topological polar surface area (TPSA) is 20.3 Å². The quantitative estimate of drug-likeness (QED) is 0.736. The highest BCUT2D eigenvalue weighted by Crippen LogP contribution is 2.15. The van der Waals surface area contributed by atoms with Gasteiger partial charge in [-0.05, 0) is 38.4 Å². The average molecular weight is 269 g/mol. The molecule has 1 aromatic rings. The second kappa shape index (κ2) is 6.75. The zero-order chi connectivity index (χ0) is 14.6. The first-order chi connectivity index (χ1) is 8.82. The predicted octanol–water partition coefficient (Wildman–Crippen LogP) is 3.51. The summed E-state index contributed by atoms with van der Waals surface area (Å²) in [4.78, 5) is 13.8. The van der Waals surface area contributed by atoms with E-state index in [1.807, 2.05) is 11.8 Å². The van der Waals surface area contributed by atoms with E-state index in [0.717, 1.165) is 18.6 Å². The zero-order valence-corrected chi connectivity index (χ0v) is 11.9. The molecular formula is C15H21F2NO. The van der Waals surface area contributed by atoms with Crippen LogP contribution in [0.1, 0.15) is 37.6 Å². The van der Waals surface area contributed by atoms with E-state index in [4.69, 9.17) is 0 Å². The summed E-state index contributed by atoms with van der Waals surface area (Å²) in [6, 6.07) is 3.66. The Morgan fingerprint density at radius 3 is 2.21 bits per heavy atom. The highest BCUT2D eigenvalue weighted by Gasteiger charge is 2.20. The molecule has 1 unspecified atom stereocenters. The van der Waals surface area contributed by atoms with Gasteiger partial charge in [-0.25, -0.2) is 8.78 Å². The number of hydrogen-bond donors (Lipinski definition) is 0. The normalized spacial score (nSPS) is 13.1. The van der Waals surface area contributed by atoms with E-state index in [-0.39, 0.29) is 12.6 Å². The molecule has 1 rings (SSSR count). The molecule has 0 aliphatic rings. The minimum absolute atomic E-state index is 0.0196. The maximum absolute atomic E-state index is 13.5. The molecule has 2 nitrogen and oxygen atoms in total. The largest absolute Gasteiger partial charge is 0.296 e. The van der Waals surface area contributed by atoms with Crippen molar-refractivity contribution in [2.24, 2.45) is 5.92 Å². The zero-order valence-electron chi connectivity index (χ0n) is 11.9. The Kier molecular flexibility index (Phi) is 5.60. The van der Waals surface area contributed by atoms with Gasteiger partial charge < -0.3 is 0 Å². The van der Waals surface area contributed by atoms with Crippen LogP contribution >= 0.6 is 0 Å². The summed E-state index contributed by atoms with van der Waals surface area (Å²) in [6.45, 7) is 6.22. The third-order valence-corrected chi connectivity index (χ3v) is 3.20. The van der Waals surface area contributed by atoms with Crippen LogP contribution in [0.2, 0.25) is 0 Å². The summed E-state index contributed by atoms with van der Waals surface area (Å²) in [5.74, 6) is -1.60. The van der Waals surface area contributed by atoms with Crippen molar-refractivity contribution in [1.29, 1.82) is 0 Å². The summed E-state index contributed by atoms with van der Waals surface area (Å²) in [5, 5.41) is 0. The number of carbonyl (C=O) groups is 1. The molecule has 1 atom stereocenters. The maximum Gasteiger partial charge on any atom is 0.182 e. The molecule has 0 aliphatic heterocycles. The summed E-state index contributed by atoms with van der Waals surface area (Å²) >= 11 is 0. The summed E-state index contributed by atoms with van der Waals surface area (Å²) < 4.78 is 27.0. The second-order valence-corrected chi connectivity index (χ2v) is 5.41. The van der Waals surface area contributed by atoms with E-state index in [0.29, 0.717) is 5.92 Å². The molecule has 0 fully saturated rings. The molecular weight excluding hydrogens is 248 g/mol. The van der Waals surface area contributed by atoms with E-state index in [1.54, 1.807) is 7.05 Å². The van der Waals surface area contributed by atoms with Crippen LogP contribution in [0.4, 0.5) is 8.78 Å². The van der Waals surface area contributed by atoms with Crippen molar-refractivity contribution in [2.45, 2.75) is 33.2 Å². The lowest BCUT2D eigenvalue weighted by Gasteiger charge is -2.25. The molecule has 19 heavy (non-hydrogen) atoms. The number of rotatable bonds is 6. The number of carbonyl (C=O) groups excluding carboxylic acids is 1. The summed E-state index contributed by atoms with van der Waals surface area (Å²) in [7, 11) is 1.80. The van der Waals surface area contributed by atoms with Crippen LogP contribution in [-0.2, 0) is 0 Å². The fourth-order valence-corrected chi connectivity index (χ4v) is 2.09. The van der Waals surface area contributed by atoms with Crippen molar-refractivity contribution >= 4 is 5.78 Å². The Balaban J connectivity index is 2.74. The molecule has 1 aromatic carbocycles. The highest BCUT2D eigenvalue weighted by atomic mass is 19.1. The van der Waals surface area contributed by atoms with Crippen LogP contribution in [0.15, 0.2) is 18.2 Å². The third-order valence-electron chi connectivity index (χ3n) is 3.20. The van der Waals surface area contributed by atoms with E-state index in [1.165, 1.54) is 6.07 Å². The van der Waals surface area contributed by atoms with Gasteiger partial charge in [0.25, 0.3) is 0 Å². The number of likely N-dealkylation sites (N-methyl/N-ethyl adjacent to an activating group) is 1. The molecule has 0 bridgehead atoms. The summed E-state index contributed by atoms with van der Waals surface area (Å²) in [5.41, 5.74) is -0.439. The molecule has 0 aliphatic carbocycles. The summed E-state index contributed by atoms with van der Waals surface area (Å²) in [6.07, 6.45) is 0.934. The SMILES string of the molecule is CC(C)CC(C)N(C)CC(=O)c1c(F)cccc1F. The van der Waals surface area contributed by atoms with E-state index in [9.17, 15) is 13.6 Å². The molecule has 0 aromatic heterocycles. The molecule has 0 saturated carbocycles. The van der Waals surface area contributed by atoms with Crippen LogP contribution in [0, 0.1) is 17.6 Å². The lowest BCUT2D eigenvalue weighted by molar-refractivity contribution is 0.0908. The maximum atomic E-state index is 13.5. The highest BCUT2D eigenvalue weighted by molar-refractivity contribution is 5.98. The predicted molar refractivity (Wildman–Crippen MR) is 72.2 cm³/mol. The van der Waals surface area contributed by atoms with Crippen LogP contribution in [0.5, 0.6) is 0 Å². The Labute approximate surface area is 113 Å². The molecule has 0 N–H and O–H groups in total. The monoisotopic (exact) mass is 269 g/mol. The van der Waals surface area contributed by atoms with Crippen LogP contribution in [0.3, 0.4) is 0 Å². The van der Waals surface area contributed by atoms with Crippen molar-refractivity contribution in [2.75, 3.05) is 13.6 Å². The van der Waals surface area contributed by atoms with Gasteiger partial charge in [-0.1, -0.05) is 19.9 Å². The van der Waals surface area contributed by atoms with E-state index in [2.05, 4.69) is 13.8 Å². The molecule has 0 radical (unpaired) electrons. The Morgan fingerprint density at radius 1 is 1.21 bits per heavy atom. The van der Waals surface area contributed by atoms with Gasteiger partial charge in [0.05, 0.1) is 12.1 Å². The molecule has 106 valence electrons. The van der Waals surface area contributed by atoms with Gasteiger partial charge in [-0.3, -0.25) is 9.69 Å². The van der Waals surface area contributed by atoms with Gasteiger partial charge in [0.1, 0.15) is 11.6 Å². The second-order valence-electron chi connectivity index (χ2n) is 5.41. The van der Waals surface area contributed by atoms with E-state index >= 15 is 0 Å². The van der Waals surface area contributed by atoms with Crippen molar-refractivity contribution in [3.63, 3.8) is 0 Å². The van der Waals surface area contributed by atoms with Gasteiger partial charge in [-0.2, -0.15) is 0 Å². The molecule has 0 spiro atoms. The van der Waals surface area contributed by atoms with Crippen molar-refractivity contribution < 1.29 is 13.6 Å². The number of hydrogen-bond acceptors (Lipinski definition) is 2. The standard InChI is InChI=1S/C15H21F2NO/c1-10(2)8-11(3)18(4)9-14(19)15-12(16)6-5-7-13(15)17/h5-7,10-11H,8-9H2,1-4H3. The number of Topliss-reactive ketones (excluding diaryl/α,β-unsaturated/α-hetero) is 1. The van der Waals surface area contributed by atoms with Crippen LogP contribution in [-0.4, -0.2) is 30.3 Å². The molecule has 0 amide bonds. The van der Waals surface area contributed by atoms with Crippen LogP contribution in [0.25, 0.3) is 0 Å². The number of nitrogens with zero attached hydrogens (tertiary/aromatic N) is 1. The Bertz CT molecular complexity index is 426. The lowest BCUT2D eigenvalue weighted by atomic mass is 10.0. The number of benzene rings is 1. The smallest absolute Gasteiger partial charge is 0.182 e. The number of halogens is 2.